The van der Waals surface area contributed by atoms with Crippen molar-refractivity contribution in [3.63, 3.8) is 0 Å². The number of amides is 2. The fourth-order valence-corrected chi connectivity index (χ4v) is 4.19. The van der Waals surface area contributed by atoms with E-state index in [0.29, 0.717) is 12.4 Å². The molecule has 0 unspecified atom stereocenters. The lowest BCUT2D eigenvalue weighted by Gasteiger charge is -2.29. The van der Waals surface area contributed by atoms with Gasteiger partial charge in [0.2, 0.25) is 0 Å². The van der Waals surface area contributed by atoms with Crippen LogP contribution in [0.15, 0.2) is 78.4 Å². The molecule has 3 heterocycles. The lowest BCUT2D eigenvalue weighted by atomic mass is 9.97. The van der Waals surface area contributed by atoms with E-state index in [9.17, 15) is 4.79 Å². The van der Waals surface area contributed by atoms with Crippen molar-refractivity contribution in [3.8, 4) is 21.7 Å². The molecule has 0 aliphatic carbocycles. The molecule has 0 fully saturated rings. The molecule has 0 saturated heterocycles. The van der Waals surface area contributed by atoms with E-state index in [1.165, 1.54) is 11.3 Å². The highest BCUT2D eigenvalue weighted by atomic mass is 32.1. The summed E-state index contributed by atoms with van der Waals surface area (Å²) in [6.45, 7) is 0.478. The molecule has 0 radical (unpaired) electrons. The number of nitrogens with zero attached hydrogens (tertiary/aromatic N) is 3. The summed E-state index contributed by atoms with van der Waals surface area (Å²) in [5.74, 6) is 0.655. The third kappa shape index (κ3) is 2.93. The third-order valence-corrected chi connectivity index (χ3v) is 5.64. The van der Waals surface area contributed by atoms with Crippen LogP contribution in [-0.2, 0) is 6.54 Å². The fraction of sp³-hybridized carbons (Fsp3) is 0.0455. The molecule has 0 atom stereocenters. The number of benzene rings is 2. The molecule has 0 spiro atoms. The Labute approximate surface area is 166 Å². The molecule has 0 saturated carbocycles. The van der Waals surface area contributed by atoms with Gasteiger partial charge in [-0.15, -0.1) is 11.3 Å². The van der Waals surface area contributed by atoms with Crippen molar-refractivity contribution in [1.29, 1.82) is 0 Å². The van der Waals surface area contributed by atoms with Gasteiger partial charge in [-0.05, 0) is 29.3 Å². The lowest BCUT2D eigenvalue weighted by molar-refractivity contribution is 0.256. The zero-order valence-corrected chi connectivity index (χ0v) is 15.7. The van der Waals surface area contributed by atoms with Crippen LogP contribution < -0.4 is 10.2 Å². The van der Waals surface area contributed by atoms with E-state index in [2.05, 4.69) is 33.5 Å². The minimum absolute atomic E-state index is 0.163. The summed E-state index contributed by atoms with van der Waals surface area (Å²) in [4.78, 5) is 23.1. The van der Waals surface area contributed by atoms with Gasteiger partial charge in [-0.2, -0.15) is 0 Å². The van der Waals surface area contributed by atoms with Crippen LogP contribution in [0, 0.1) is 0 Å². The summed E-state index contributed by atoms with van der Waals surface area (Å²) in [6.07, 6.45) is 3.48. The maximum absolute atomic E-state index is 12.7. The normalized spacial score (nSPS) is 13.1. The molecule has 2 amide bonds. The van der Waals surface area contributed by atoms with Crippen LogP contribution in [0.2, 0.25) is 0 Å². The molecule has 5 rings (SSSR count). The Hall–Kier alpha value is -3.51. The Morgan fingerprint density at radius 3 is 2.57 bits per heavy atom. The minimum atomic E-state index is -0.163. The Morgan fingerprint density at radius 2 is 1.75 bits per heavy atom. The first kappa shape index (κ1) is 16.6. The van der Waals surface area contributed by atoms with Gasteiger partial charge in [0.15, 0.2) is 0 Å². The monoisotopic (exact) mass is 384 g/mol. The van der Waals surface area contributed by atoms with Gasteiger partial charge in [-0.1, -0.05) is 42.5 Å². The van der Waals surface area contributed by atoms with Gasteiger partial charge in [0, 0.05) is 34.6 Å². The zero-order valence-electron chi connectivity index (χ0n) is 14.9. The molecular formula is C22H16N4OS. The standard InChI is InChI=1S/C22H16N4OS/c27-22-24-19-8-4-7-17(15-5-2-1-3-6-15)18(19)13-26(22)20-14-28-21(25-20)16-9-11-23-12-10-16/h1-12,14H,13H2,(H,24,27). The number of anilines is 2. The second-order valence-electron chi connectivity index (χ2n) is 6.46. The molecule has 2 aromatic heterocycles. The average Bonchev–Trinajstić information content (AvgIpc) is 3.24. The minimum Gasteiger partial charge on any atom is -0.307 e. The number of thiazole rings is 1. The van der Waals surface area contributed by atoms with E-state index in [1.54, 1.807) is 17.3 Å². The second-order valence-corrected chi connectivity index (χ2v) is 7.32. The summed E-state index contributed by atoms with van der Waals surface area (Å²) in [5.41, 5.74) is 5.19. The topological polar surface area (TPSA) is 58.1 Å². The van der Waals surface area contributed by atoms with Gasteiger partial charge in [0.05, 0.1) is 6.54 Å². The maximum Gasteiger partial charge on any atom is 0.327 e. The molecule has 2 aromatic carbocycles. The molecule has 28 heavy (non-hydrogen) atoms. The van der Waals surface area contributed by atoms with Gasteiger partial charge in [0.25, 0.3) is 0 Å². The molecular weight excluding hydrogens is 368 g/mol. The number of nitrogens with one attached hydrogen (secondary N) is 1. The molecule has 1 N–H and O–H groups in total. The fourth-order valence-electron chi connectivity index (χ4n) is 3.38. The van der Waals surface area contributed by atoms with Crippen molar-refractivity contribution in [3.05, 3.63) is 84.0 Å². The van der Waals surface area contributed by atoms with Crippen molar-refractivity contribution in [1.82, 2.24) is 9.97 Å². The van der Waals surface area contributed by atoms with Crippen LogP contribution in [0.5, 0.6) is 0 Å². The van der Waals surface area contributed by atoms with Crippen molar-refractivity contribution in [2.45, 2.75) is 6.54 Å². The molecule has 4 aromatic rings. The number of hydrogen-bond donors (Lipinski definition) is 1. The molecule has 6 heteroatoms. The van der Waals surface area contributed by atoms with E-state index in [4.69, 9.17) is 0 Å². The highest BCUT2D eigenvalue weighted by Gasteiger charge is 2.27. The van der Waals surface area contributed by atoms with Crippen LogP contribution >= 0.6 is 11.3 Å². The van der Waals surface area contributed by atoms with Crippen LogP contribution in [-0.4, -0.2) is 16.0 Å². The lowest BCUT2D eigenvalue weighted by Crippen LogP contribution is -2.39. The van der Waals surface area contributed by atoms with Gasteiger partial charge in [-0.3, -0.25) is 9.88 Å². The predicted molar refractivity (Wildman–Crippen MR) is 112 cm³/mol. The Bertz CT molecular complexity index is 1140. The van der Waals surface area contributed by atoms with Crippen molar-refractivity contribution in [2.24, 2.45) is 0 Å². The molecule has 5 nitrogen and oxygen atoms in total. The molecule has 1 aliphatic rings. The molecule has 1 aliphatic heterocycles. The second kappa shape index (κ2) is 6.90. The summed E-state index contributed by atoms with van der Waals surface area (Å²) in [5, 5.41) is 5.80. The number of aromatic nitrogens is 2. The largest absolute Gasteiger partial charge is 0.327 e. The van der Waals surface area contributed by atoms with Gasteiger partial charge >= 0.3 is 6.03 Å². The Balaban J connectivity index is 1.52. The maximum atomic E-state index is 12.7. The predicted octanol–water partition coefficient (Wildman–Crippen LogP) is 5.42. The van der Waals surface area contributed by atoms with Gasteiger partial charge in [0.1, 0.15) is 10.8 Å². The van der Waals surface area contributed by atoms with Gasteiger partial charge < -0.3 is 5.32 Å². The van der Waals surface area contributed by atoms with Crippen molar-refractivity contribution < 1.29 is 4.79 Å². The highest BCUT2D eigenvalue weighted by Crippen LogP contribution is 2.36. The van der Waals surface area contributed by atoms with Gasteiger partial charge in [-0.25, -0.2) is 9.78 Å². The Morgan fingerprint density at radius 1 is 0.929 bits per heavy atom. The summed E-state index contributed by atoms with van der Waals surface area (Å²) < 4.78 is 0. The molecule has 0 bridgehead atoms. The van der Waals surface area contributed by atoms with Crippen molar-refractivity contribution in [2.75, 3.05) is 10.2 Å². The molecule has 136 valence electrons. The van der Waals surface area contributed by atoms with Crippen LogP contribution in [0.4, 0.5) is 16.3 Å². The Kier molecular flexibility index (Phi) is 4.10. The highest BCUT2D eigenvalue weighted by molar-refractivity contribution is 7.13. The third-order valence-electron chi connectivity index (χ3n) is 4.76. The first-order valence-corrected chi connectivity index (χ1v) is 9.79. The van der Waals surface area contributed by atoms with Crippen molar-refractivity contribution >= 4 is 28.9 Å². The first-order valence-electron chi connectivity index (χ1n) is 8.91. The smallest absolute Gasteiger partial charge is 0.307 e. The number of fused-ring (bicyclic) bond motifs is 1. The number of carbonyl (C=O) groups is 1. The zero-order chi connectivity index (χ0) is 18.9. The van der Waals surface area contributed by atoms with E-state index in [-0.39, 0.29) is 6.03 Å². The SMILES string of the molecule is O=C1Nc2cccc(-c3ccccc3)c2CN1c1csc(-c2ccncc2)n1. The van der Waals surface area contributed by atoms with Crippen LogP contribution in [0.1, 0.15) is 5.56 Å². The first-order chi connectivity index (χ1) is 13.8. The summed E-state index contributed by atoms with van der Waals surface area (Å²) >= 11 is 1.52. The average molecular weight is 384 g/mol. The number of carbonyl (C=O) groups excluding carboxylic acids is 1. The summed E-state index contributed by atoms with van der Waals surface area (Å²) in [6, 6.07) is 19.9. The quantitative estimate of drug-likeness (QED) is 0.513. The summed E-state index contributed by atoms with van der Waals surface area (Å²) in [7, 11) is 0. The van der Waals surface area contributed by atoms with E-state index in [0.717, 1.165) is 32.9 Å². The van der Waals surface area contributed by atoms with Crippen LogP contribution in [0.25, 0.3) is 21.7 Å². The number of rotatable bonds is 3. The van der Waals surface area contributed by atoms with E-state index < -0.39 is 0 Å². The van der Waals surface area contributed by atoms with E-state index in [1.807, 2.05) is 47.8 Å². The number of hydrogen-bond acceptors (Lipinski definition) is 4. The van der Waals surface area contributed by atoms with E-state index >= 15 is 0 Å². The number of urea groups is 1. The number of pyridine rings is 1. The van der Waals surface area contributed by atoms with Crippen LogP contribution in [0.3, 0.4) is 0 Å².